The molecule has 25 heavy (non-hydrogen) atoms. The predicted octanol–water partition coefficient (Wildman–Crippen LogP) is 3.58. The number of phenolic OH excluding ortho intramolecular Hbond substituents is 2. The SMILES string of the molecule is CC(C)c1nc2ccc(Br)cc2c(=O)n1N=Cc1ccc(O)cc1O. The van der Waals surface area contributed by atoms with E-state index >= 15 is 0 Å². The Labute approximate surface area is 152 Å². The second-order valence-corrected chi connectivity index (χ2v) is 6.81. The fourth-order valence-electron chi connectivity index (χ4n) is 2.41. The number of aromatic nitrogens is 2. The van der Waals surface area contributed by atoms with E-state index in [0.29, 0.717) is 22.3 Å². The number of benzene rings is 2. The van der Waals surface area contributed by atoms with Crippen LogP contribution in [0.5, 0.6) is 11.5 Å². The molecule has 0 atom stereocenters. The van der Waals surface area contributed by atoms with Gasteiger partial charge in [-0.1, -0.05) is 29.8 Å². The summed E-state index contributed by atoms with van der Waals surface area (Å²) in [5.74, 6) is 0.326. The monoisotopic (exact) mass is 401 g/mol. The summed E-state index contributed by atoms with van der Waals surface area (Å²) in [7, 11) is 0. The van der Waals surface area contributed by atoms with E-state index in [4.69, 9.17) is 0 Å². The zero-order valence-electron chi connectivity index (χ0n) is 13.6. The zero-order chi connectivity index (χ0) is 18.1. The normalized spacial score (nSPS) is 11.7. The molecule has 0 spiro atoms. The molecule has 0 saturated heterocycles. The van der Waals surface area contributed by atoms with Gasteiger partial charge < -0.3 is 10.2 Å². The number of nitrogens with zero attached hydrogens (tertiary/aromatic N) is 3. The van der Waals surface area contributed by atoms with Gasteiger partial charge >= 0.3 is 0 Å². The van der Waals surface area contributed by atoms with E-state index in [2.05, 4.69) is 26.0 Å². The summed E-state index contributed by atoms with van der Waals surface area (Å²) in [6.45, 7) is 3.85. The number of halogens is 1. The molecule has 0 radical (unpaired) electrons. The minimum absolute atomic E-state index is 0.0219. The largest absolute Gasteiger partial charge is 0.508 e. The molecule has 0 fully saturated rings. The molecule has 0 bridgehead atoms. The number of phenols is 2. The van der Waals surface area contributed by atoms with Gasteiger partial charge in [-0.15, -0.1) is 0 Å². The Morgan fingerprint density at radius 2 is 1.96 bits per heavy atom. The maximum Gasteiger partial charge on any atom is 0.282 e. The topological polar surface area (TPSA) is 87.7 Å². The summed E-state index contributed by atoms with van der Waals surface area (Å²) >= 11 is 3.36. The Morgan fingerprint density at radius 3 is 2.64 bits per heavy atom. The van der Waals surface area contributed by atoms with Crippen LogP contribution in [-0.4, -0.2) is 26.1 Å². The molecule has 2 aromatic carbocycles. The van der Waals surface area contributed by atoms with Gasteiger partial charge in [-0.2, -0.15) is 9.78 Å². The number of aromatic hydroxyl groups is 2. The predicted molar refractivity (Wildman–Crippen MR) is 101 cm³/mol. The number of fused-ring (bicyclic) bond motifs is 1. The van der Waals surface area contributed by atoms with Crippen LogP contribution in [0.25, 0.3) is 10.9 Å². The van der Waals surface area contributed by atoms with Crippen LogP contribution >= 0.6 is 15.9 Å². The summed E-state index contributed by atoms with van der Waals surface area (Å²) in [6.07, 6.45) is 1.37. The van der Waals surface area contributed by atoms with Gasteiger partial charge in [-0.05, 0) is 30.3 Å². The highest BCUT2D eigenvalue weighted by molar-refractivity contribution is 9.10. The van der Waals surface area contributed by atoms with Gasteiger partial charge in [0.2, 0.25) is 0 Å². The molecule has 1 heterocycles. The Hall–Kier alpha value is -2.67. The summed E-state index contributed by atoms with van der Waals surface area (Å²) in [4.78, 5) is 17.4. The third-order valence-corrected chi connectivity index (χ3v) is 4.17. The van der Waals surface area contributed by atoms with Crippen molar-refractivity contribution in [3.05, 3.63) is 62.6 Å². The molecule has 6 nitrogen and oxygen atoms in total. The summed E-state index contributed by atoms with van der Waals surface area (Å²) in [5, 5.41) is 23.9. The van der Waals surface area contributed by atoms with Gasteiger partial charge in [0.15, 0.2) is 0 Å². The Kier molecular flexibility index (Phi) is 4.59. The van der Waals surface area contributed by atoms with Crippen molar-refractivity contribution in [1.29, 1.82) is 0 Å². The van der Waals surface area contributed by atoms with Gasteiger partial charge in [0.05, 0.1) is 17.1 Å². The van der Waals surface area contributed by atoms with E-state index < -0.39 is 0 Å². The maximum atomic E-state index is 12.9. The quantitative estimate of drug-likeness (QED) is 0.656. The van der Waals surface area contributed by atoms with Crippen LogP contribution in [0, 0.1) is 0 Å². The number of hydrogen-bond donors (Lipinski definition) is 2. The van der Waals surface area contributed by atoms with Gasteiger partial charge in [0.25, 0.3) is 5.56 Å². The van der Waals surface area contributed by atoms with Crippen molar-refractivity contribution in [2.24, 2.45) is 5.10 Å². The van der Waals surface area contributed by atoms with E-state index in [9.17, 15) is 15.0 Å². The van der Waals surface area contributed by atoms with Crippen molar-refractivity contribution < 1.29 is 10.2 Å². The van der Waals surface area contributed by atoms with Gasteiger partial charge in [0, 0.05) is 22.0 Å². The highest BCUT2D eigenvalue weighted by atomic mass is 79.9. The first-order chi connectivity index (χ1) is 11.9. The molecule has 0 aliphatic heterocycles. The van der Waals surface area contributed by atoms with Gasteiger partial charge in [0.1, 0.15) is 17.3 Å². The number of hydrogen-bond acceptors (Lipinski definition) is 5. The van der Waals surface area contributed by atoms with Crippen LogP contribution in [0.4, 0.5) is 0 Å². The molecule has 7 heteroatoms. The summed E-state index contributed by atoms with van der Waals surface area (Å²) in [6, 6.07) is 9.48. The van der Waals surface area contributed by atoms with Gasteiger partial charge in [-0.3, -0.25) is 4.79 Å². The maximum absolute atomic E-state index is 12.9. The van der Waals surface area contributed by atoms with Crippen molar-refractivity contribution >= 4 is 33.0 Å². The molecule has 0 aliphatic rings. The van der Waals surface area contributed by atoms with E-state index in [0.717, 1.165) is 4.47 Å². The minimum Gasteiger partial charge on any atom is -0.508 e. The smallest absolute Gasteiger partial charge is 0.282 e. The molecule has 0 aliphatic carbocycles. The van der Waals surface area contributed by atoms with Crippen molar-refractivity contribution in [2.75, 3.05) is 0 Å². The molecule has 0 saturated carbocycles. The highest BCUT2D eigenvalue weighted by Crippen LogP contribution is 2.22. The fourth-order valence-corrected chi connectivity index (χ4v) is 2.77. The van der Waals surface area contributed by atoms with Crippen LogP contribution in [0.1, 0.15) is 31.2 Å². The molecule has 1 aromatic heterocycles. The Balaban J connectivity index is 2.19. The van der Waals surface area contributed by atoms with Crippen LogP contribution in [0.3, 0.4) is 0 Å². The second-order valence-electron chi connectivity index (χ2n) is 5.89. The van der Waals surface area contributed by atoms with E-state index in [1.165, 1.54) is 29.1 Å². The average Bonchev–Trinajstić information content (AvgIpc) is 2.55. The van der Waals surface area contributed by atoms with E-state index in [1.807, 2.05) is 19.9 Å². The molecule has 128 valence electrons. The molecule has 0 unspecified atom stereocenters. The van der Waals surface area contributed by atoms with Crippen molar-refractivity contribution in [3.8, 4) is 11.5 Å². The molecule has 0 amide bonds. The molecule has 3 aromatic rings. The van der Waals surface area contributed by atoms with E-state index in [1.54, 1.807) is 12.1 Å². The van der Waals surface area contributed by atoms with Crippen molar-refractivity contribution in [1.82, 2.24) is 9.66 Å². The van der Waals surface area contributed by atoms with Crippen LogP contribution < -0.4 is 5.56 Å². The lowest BCUT2D eigenvalue weighted by Gasteiger charge is -2.12. The molecule has 3 rings (SSSR count). The third kappa shape index (κ3) is 3.41. The summed E-state index contributed by atoms with van der Waals surface area (Å²) < 4.78 is 2.02. The first kappa shape index (κ1) is 17.2. The minimum atomic E-state index is -0.287. The molecule has 2 N–H and O–H groups in total. The lowest BCUT2D eigenvalue weighted by atomic mass is 10.2. The zero-order valence-corrected chi connectivity index (χ0v) is 15.2. The first-order valence-corrected chi connectivity index (χ1v) is 8.44. The standard InChI is InChI=1S/C18H16BrN3O3/c1-10(2)17-21-15-6-4-12(19)7-14(15)18(25)22(17)20-9-11-3-5-13(23)8-16(11)24/h3-10,23-24H,1-2H3. The van der Waals surface area contributed by atoms with E-state index in [-0.39, 0.29) is 23.0 Å². The number of rotatable bonds is 3. The van der Waals surface area contributed by atoms with Crippen molar-refractivity contribution in [3.63, 3.8) is 0 Å². The average molecular weight is 402 g/mol. The first-order valence-electron chi connectivity index (χ1n) is 7.65. The van der Waals surface area contributed by atoms with Crippen LogP contribution in [0.2, 0.25) is 0 Å². The van der Waals surface area contributed by atoms with Crippen LogP contribution in [0.15, 0.2) is 50.8 Å². The van der Waals surface area contributed by atoms with Crippen molar-refractivity contribution in [2.45, 2.75) is 19.8 Å². The molecular formula is C18H16BrN3O3. The fraction of sp³-hybridized carbons (Fsp3) is 0.167. The third-order valence-electron chi connectivity index (χ3n) is 3.68. The Bertz CT molecular complexity index is 1040. The summed E-state index contributed by atoms with van der Waals surface area (Å²) in [5.41, 5.74) is 0.703. The highest BCUT2D eigenvalue weighted by Gasteiger charge is 2.13. The van der Waals surface area contributed by atoms with Gasteiger partial charge in [-0.25, -0.2) is 4.98 Å². The van der Waals surface area contributed by atoms with Crippen LogP contribution in [-0.2, 0) is 0 Å². The molecular weight excluding hydrogens is 386 g/mol. The lowest BCUT2D eigenvalue weighted by molar-refractivity contribution is 0.450. The Morgan fingerprint density at radius 1 is 1.20 bits per heavy atom. The second kappa shape index (κ2) is 6.68. The lowest BCUT2D eigenvalue weighted by Crippen LogP contribution is -2.23.